The average Bonchev–Trinajstić information content (AvgIpc) is 3.17. The van der Waals surface area contributed by atoms with Gasteiger partial charge in [0.25, 0.3) is 21.8 Å². The Kier molecular flexibility index (Phi) is 5.02. The minimum absolute atomic E-state index is 0.000280. The van der Waals surface area contributed by atoms with Crippen LogP contribution in [0.25, 0.3) is 0 Å². The van der Waals surface area contributed by atoms with Crippen molar-refractivity contribution in [3.8, 4) is 0 Å². The van der Waals surface area contributed by atoms with Crippen LogP contribution in [-0.4, -0.2) is 47.8 Å². The summed E-state index contributed by atoms with van der Waals surface area (Å²) in [7, 11) is -4.24. The van der Waals surface area contributed by atoms with Crippen molar-refractivity contribution < 1.29 is 31.3 Å². The molecule has 1 atom stereocenters. The van der Waals surface area contributed by atoms with E-state index in [-0.39, 0.29) is 37.0 Å². The van der Waals surface area contributed by atoms with E-state index in [1.165, 1.54) is 17.8 Å². The van der Waals surface area contributed by atoms with Crippen molar-refractivity contribution in [2.45, 2.75) is 31.6 Å². The van der Waals surface area contributed by atoms with Crippen LogP contribution in [0, 0.1) is 6.92 Å². The molecule has 0 aliphatic carbocycles. The smallest absolute Gasteiger partial charge is 0.271 e. The topological polar surface area (TPSA) is 101 Å². The predicted octanol–water partition coefficient (Wildman–Crippen LogP) is 0.0278. The Balaban J connectivity index is 1.81. The zero-order valence-electron chi connectivity index (χ0n) is 14.6. The third kappa shape index (κ3) is 3.77. The number of carbonyl (C=O) groups is 1. The molecule has 0 bridgehead atoms. The predicted molar refractivity (Wildman–Crippen MR) is 91.1 cm³/mol. The first-order valence-electron chi connectivity index (χ1n) is 7.91. The van der Waals surface area contributed by atoms with E-state index in [1.807, 2.05) is 4.72 Å². The van der Waals surface area contributed by atoms with Gasteiger partial charge >= 0.3 is 6.30 Å². The van der Waals surface area contributed by atoms with Crippen LogP contribution in [0.5, 0.6) is 0 Å². The molecule has 0 saturated heterocycles. The van der Waals surface area contributed by atoms with E-state index in [0.29, 0.717) is 12.7 Å². The molecule has 0 saturated carbocycles. The number of hydrogen-bond donors (Lipinski definition) is 2. The Hall–Kier alpha value is -2.38. The SMILES string of the molecule is CCn1cc(S(=O)(=O)NC(=O)C2=C[NH+]3CN(C(F)(F)F)C=C(Cl)C3=N2)c(C)n1. The lowest BCUT2D eigenvalue weighted by Crippen LogP contribution is -3.12. The molecule has 0 radical (unpaired) electrons. The summed E-state index contributed by atoms with van der Waals surface area (Å²) in [5, 5.41) is 3.70. The van der Waals surface area contributed by atoms with Gasteiger partial charge in [0.2, 0.25) is 0 Å². The summed E-state index contributed by atoms with van der Waals surface area (Å²) in [6, 6.07) is 0. The number of hydrogen-bond acceptors (Lipinski definition) is 6. The van der Waals surface area contributed by atoms with Crippen LogP contribution in [0.1, 0.15) is 12.6 Å². The van der Waals surface area contributed by atoms with Gasteiger partial charge in [-0.05, 0) is 13.8 Å². The van der Waals surface area contributed by atoms with Crippen molar-refractivity contribution in [3.63, 3.8) is 0 Å². The van der Waals surface area contributed by atoms with E-state index in [4.69, 9.17) is 11.6 Å². The molecule has 2 aliphatic rings. The second kappa shape index (κ2) is 6.90. The molecule has 0 aromatic carbocycles. The molecule has 2 aliphatic heterocycles. The number of nitrogens with one attached hydrogen (secondary N) is 2. The molecule has 3 heterocycles. The van der Waals surface area contributed by atoms with Gasteiger partial charge in [0.05, 0.1) is 5.69 Å². The lowest BCUT2D eigenvalue weighted by atomic mass is 10.4. The minimum atomic E-state index is -4.65. The molecule has 1 unspecified atom stereocenters. The fourth-order valence-corrected chi connectivity index (χ4v) is 4.08. The fourth-order valence-electron chi connectivity index (χ4n) is 2.65. The first-order chi connectivity index (χ1) is 12.9. The highest BCUT2D eigenvalue weighted by Crippen LogP contribution is 2.24. The number of alkyl halides is 3. The Bertz CT molecular complexity index is 1030. The van der Waals surface area contributed by atoms with E-state index in [0.717, 1.165) is 6.20 Å². The number of aliphatic imine (C=N–C) groups is 1. The number of quaternary nitrogens is 1. The normalized spacial score (nSPS) is 19.7. The Morgan fingerprint density at radius 1 is 1.43 bits per heavy atom. The van der Waals surface area contributed by atoms with Crippen LogP contribution in [0.4, 0.5) is 13.2 Å². The Morgan fingerprint density at radius 2 is 2.11 bits per heavy atom. The third-order valence-electron chi connectivity index (χ3n) is 3.98. The Morgan fingerprint density at radius 3 is 2.68 bits per heavy atom. The maximum absolute atomic E-state index is 12.9. The summed E-state index contributed by atoms with van der Waals surface area (Å²) in [5.41, 5.74) is -0.159. The van der Waals surface area contributed by atoms with Crippen LogP contribution in [-0.2, 0) is 21.4 Å². The highest BCUT2D eigenvalue weighted by atomic mass is 35.5. The molecule has 28 heavy (non-hydrogen) atoms. The number of carbonyl (C=O) groups excluding carboxylic acids is 1. The van der Waals surface area contributed by atoms with Crippen molar-refractivity contribution in [2.75, 3.05) is 6.67 Å². The highest BCUT2D eigenvalue weighted by molar-refractivity contribution is 7.90. The lowest BCUT2D eigenvalue weighted by molar-refractivity contribution is -0.763. The van der Waals surface area contributed by atoms with Gasteiger partial charge in [-0.3, -0.25) is 9.48 Å². The summed E-state index contributed by atoms with van der Waals surface area (Å²) in [6.07, 6.45) is -1.64. The van der Waals surface area contributed by atoms with Crippen molar-refractivity contribution in [3.05, 3.63) is 35.0 Å². The zero-order valence-corrected chi connectivity index (χ0v) is 16.2. The molecule has 14 heteroatoms. The van der Waals surface area contributed by atoms with Crippen LogP contribution >= 0.6 is 11.6 Å². The highest BCUT2D eigenvalue weighted by Gasteiger charge is 2.44. The van der Waals surface area contributed by atoms with Crippen molar-refractivity contribution >= 4 is 33.4 Å². The number of aromatic nitrogens is 2. The zero-order chi connectivity index (χ0) is 20.9. The number of halogens is 4. The quantitative estimate of drug-likeness (QED) is 0.645. The van der Waals surface area contributed by atoms with Crippen LogP contribution < -0.4 is 9.62 Å². The second-order valence-corrected chi connectivity index (χ2v) is 8.02. The number of rotatable bonds is 4. The number of sulfonamides is 1. The number of fused-ring (bicyclic) bond motifs is 1. The van der Waals surface area contributed by atoms with Gasteiger partial charge in [0, 0.05) is 18.9 Å². The molecule has 0 fully saturated rings. The monoisotopic (exact) mass is 439 g/mol. The fraction of sp³-hybridized carbons (Fsp3) is 0.357. The van der Waals surface area contributed by atoms with Crippen molar-refractivity contribution in [2.24, 2.45) is 4.99 Å². The second-order valence-electron chi connectivity index (χ2n) is 5.96. The molecule has 152 valence electrons. The molecule has 0 spiro atoms. The number of nitrogens with zero attached hydrogens (tertiary/aromatic N) is 4. The van der Waals surface area contributed by atoms with E-state index in [1.54, 1.807) is 6.92 Å². The number of amides is 1. The minimum Gasteiger partial charge on any atom is -0.271 e. The number of aryl methyl sites for hydroxylation is 2. The van der Waals surface area contributed by atoms with Crippen LogP contribution in [0.2, 0.25) is 0 Å². The van der Waals surface area contributed by atoms with Gasteiger partial charge in [-0.25, -0.2) is 22.9 Å². The maximum atomic E-state index is 12.9. The number of amidine groups is 1. The molecular formula is C14H15ClF3N6O3S+. The summed E-state index contributed by atoms with van der Waals surface area (Å²) in [4.78, 5) is 16.1. The first kappa shape index (κ1) is 20.4. The molecule has 1 aromatic rings. The van der Waals surface area contributed by atoms with E-state index >= 15 is 0 Å². The van der Waals surface area contributed by atoms with Gasteiger partial charge < -0.3 is 0 Å². The summed E-state index contributed by atoms with van der Waals surface area (Å²) < 4.78 is 66.8. The molecule has 2 N–H and O–H groups in total. The van der Waals surface area contributed by atoms with Gasteiger partial charge in [-0.2, -0.15) is 10.1 Å². The van der Waals surface area contributed by atoms with Gasteiger partial charge in [-0.1, -0.05) is 11.6 Å². The standard InChI is InChI=1S/C14H14ClF3N6O3S/c1-3-24-6-11(8(2)20-24)28(26,27)21-13(25)10-5-22-7-23(14(16,17)18)4-9(15)12(22)19-10/h4-6H,3,7H2,1-2H3,(H,21,25)/p+1. The first-order valence-corrected chi connectivity index (χ1v) is 9.77. The summed E-state index contributed by atoms with van der Waals surface area (Å²) >= 11 is 5.83. The molecule has 1 amide bonds. The largest absolute Gasteiger partial charge is 0.488 e. The summed E-state index contributed by atoms with van der Waals surface area (Å²) in [6.45, 7) is 3.08. The average molecular weight is 440 g/mol. The van der Waals surface area contributed by atoms with Crippen molar-refractivity contribution in [1.29, 1.82) is 0 Å². The van der Waals surface area contributed by atoms with Gasteiger partial charge in [-0.15, -0.1) is 13.2 Å². The molecule has 1 aromatic heterocycles. The lowest BCUT2D eigenvalue weighted by Gasteiger charge is -2.28. The molecular weight excluding hydrogens is 425 g/mol. The summed E-state index contributed by atoms with van der Waals surface area (Å²) in [5.74, 6) is -1.08. The maximum Gasteiger partial charge on any atom is 0.488 e. The molecule has 3 rings (SSSR count). The van der Waals surface area contributed by atoms with Crippen molar-refractivity contribution in [1.82, 2.24) is 19.4 Å². The van der Waals surface area contributed by atoms with Crippen LogP contribution in [0.3, 0.4) is 0 Å². The van der Waals surface area contributed by atoms with Crippen LogP contribution in [0.15, 0.2) is 39.2 Å². The Labute approximate surface area is 162 Å². The van der Waals surface area contributed by atoms with Gasteiger partial charge in [0.1, 0.15) is 16.1 Å². The third-order valence-corrected chi connectivity index (χ3v) is 5.69. The van der Waals surface area contributed by atoms with E-state index < -0.39 is 28.9 Å². The van der Waals surface area contributed by atoms with E-state index in [9.17, 15) is 26.4 Å². The van der Waals surface area contributed by atoms with E-state index in [2.05, 4.69) is 10.1 Å². The molecule has 9 nitrogen and oxygen atoms in total. The van der Waals surface area contributed by atoms with Gasteiger partial charge in [0.15, 0.2) is 12.4 Å².